The highest BCUT2D eigenvalue weighted by Crippen LogP contribution is 2.25. The summed E-state index contributed by atoms with van der Waals surface area (Å²) in [5, 5.41) is 9.85. The van der Waals surface area contributed by atoms with Gasteiger partial charge in [-0.15, -0.1) is 0 Å². The molecular formula is C11H14BrFO. The summed E-state index contributed by atoms with van der Waals surface area (Å²) in [7, 11) is 0. The first-order valence-electron chi connectivity index (χ1n) is 4.61. The number of hydrogen-bond donors (Lipinski definition) is 1. The van der Waals surface area contributed by atoms with Gasteiger partial charge < -0.3 is 5.11 Å². The lowest BCUT2D eigenvalue weighted by Gasteiger charge is -2.21. The third-order valence-corrected chi connectivity index (χ3v) is 3.25. The van der Waals surface area contributed by atoms with Gasteiger partial charge in [-0.3, -0.25) is 0 Å². The predicted molar refractivity (Wildman–Crippen MR) is 58.7 cm³/mol. The van der Waals surface area contributed by atoms with E-state index in [4.69, 9.17) is 0 Å². The Kier molecular flexibility index (Phi) is 3.67. The summed E-state index contributed by atoms with van der Waals surface area (Å²) in [4.78, 5) is 0. The molecule has 0 aliphatic carbocycles. The fraction of sp³-hybridized carbons (Fsp3) is 0.455. The van der Waals surface area contributed by atoms with Crippen LogP contribution >= 0.6 is 15.9 Å². The van der Waals surface area contributed by atoms with Crippen molar-refractivity contribution in [3.63, 3.8) is 0 Å². The van der Waals surface area contributed by atoms with Crippen molar-refractivity contribution in [3.05, 3.63) is 34.1 Å². The van der Waals surface area contributed by atoms with Crippen LogP contribution in [0.25, 0.3) is 0 Å². The Morgan fingerprint density at radius 1 is 1.50 bits per heavy atom. The minimum absolute atomic E-state index is 0.283. The minimum atomic E-state index is -0.768. The molecule has 1 nitrogen and oxygen atoms in total. The maximum absolute atomic E-state index is 13.1. The van der Waals surface area contributed by atoms with Crippen LogP contribution in [0, 0.1) is 5.82 Å². The molecule has 0 radical (unpaired) electrons. The van der Waals surface area contributed by atoms with E-state index in [0.717, 1.165) is 5.56 Å². The Hall–Kier alpha value is -0.410. The van der Waals surface area contributed by atoms with Gasteiger partial charge in [-0.1, -0.05) is 19.1 Å². The summed E-state index contributed by atoms with van der Waals surface area (Å²) in [6.45, 7) is 3.66. The normalized spacial score (nSPS) is 15.2. The molecule has 0 aliphatic heterocycles. The Bertz CT molecular complexity index is 323. The zero-order valence-electron chi connectivity index (χ0n) is 8.35. The van der Waals surface area contributed by atoms with Crippen LogP contribution in [0.15, 0.2) is 22.7 Å². The molecule has 0 fully saturated rings. The fourth-order valence-corrected chi connectivity index (χ4v) is 1.62. The third-order valence-electron chi connectivity index (χ3n) is 2.36. The van der Waals surface area contributed by atoms with E-state index < -0.39 is 5.60 Å². The highest BCUT2D eigenvalue weighted by molar-refractivity contribution is 9.10. The molecule has 0 saturated carbocycles. The molecule has 0 saturated heterocycles. The van der Waals surface area contributed by atoms with Crippen LogP contribution in [0.2, 0.25) is 0 Å². The van der Waals surface area contributed by atoms with Crippen LogP contribution < -0.4 is 0 Å². The Morgan fingerprint density at radius 2 is 2.14 bits per heavy atom. The molecule has 1 atom stereocenters. The van der Waals surface area contributed by atoms with Gasteiger partial charge in [0, 0.05) is 6.42 Å². The number of rotatable bonds is 3. The zero-order chi connectivity index (χ0) is 10.8. The second-order valence-corrected chi connectivity index (χ2v) is 4.53. The molecule has 1 unspecified atom stereocenters. The number of benzene rings is 1. The van der Waals surface area contributed by atoms with Crippen LogP contribution in [0.3, 0.4) is 0 Å². The molecular weight excluding hydrogens is 247 g/mol. The van der Waals surface area contributed by atoms with Crippen LogP contribution in [0.5, 0.6) is 0 Å². The van der Waals surface area contributed by atoms with E-state index in [2.05, 4.69) is 15.9 Å². The number of aliphatic hydroxyl groups is 1. The maximum Gasteiger partial charge on any atom is 0.137 e. The molecule has 3 heteroatoms. The lowest BCUT2D eigenvalue weighted by atomic mass is 9.94. The lowest BCUT2D eigenvalue weighted by molar-refractivity contribution is 0.0562. The van der Waals surface area contributed by atoms with Crippen molar-refractivity contribution in [2.24, 2.45) is 0 Å². The second-order valence-electron chi connectivity index (χ2n) is 3.74. The van der Waals surface area contributed by atoms with Crippen LogP contribution in [-0.4, -0.2) is 10.7 Å². The molecule has 1 aromatic rings. The molecule has 1 rings (SSSR count). The van der Waals surface area contributed by atoms with E-state index >= 15 is 0 Å². The molecule has 1 aromatic carbocycles. The highest BCUT2D eigenvalue weighted by Gasteiger charge is 2.20. The smallest absolute Gasteiger partial charge is 0.137 e. The first-order chi connectivity index (χ1) is 6.46. The third kappa shape index (κ3) is 2.79. The van der Waals surface area contributed by atoms with E-state index in [1.165, 1.54) is 6.07 Å². The molecule has 0 bridgehead atoms. The molecule has 0 aromatic heterocycles. The van der Waals surface area contributed by atoms with E-state index in [1.54, 1.807) is 13.0 Å². The average molecular weight is 261 g/mol. The van der Waals surface area contributed by atoms with Crippen molar-refractivity contribution < 1.29 is 9.50 Å². The Morgan fingerprint density at radius 3 is 2.71 bits per heavy atom. The van der Waals surface area contributed by atoms with Gasteiger partial charge in [-0.2, -0.15) is 0 Å². The summed E-state index contributed by atoms with van der Waals surface area (Å²) in [6.07, 6.45) is 1.11. The van der Waals surface area contributed by atoms with Crippen molar-refractivity contribution in [3.8, 4) is 0 Å². The highest BCUT2D eigenvalue weighted by atomic mass is 79.9. The van der Waals surface area contributed by atoms with Gasteiger partial charge in [0.25, 0.3) is 0 Å². The van der Waals surface area contributed by atoms with Gasteiger partial charge >= 0.3 is 0 Å². The average Bonchev–Trinajstić information content (AvgIpc) is 2.13. The van der Waals surface area contributed by atoms with E-state index in [-0.39, 0.29) is 5.82 Å². The van der Waals surface area contributed by atoms with Crippen LogP contribution in [0.1, 0.15) is 25.8 Å². The summed E-state index contributed by atoms with van der Waals surface area (Å²) >= 11 is 3.18. The minimum Gasteiger partial charge on any atom is -0.390 e. The molecule has 0 heterocycles. The molecule has 0 spiro atoms. The zero-order valence-corrected chi connectivity index (χ0v) is 9.94. The monoisotopic (exact) mass is 260 g/mol. The maximum atomic E-state index is 13.1. The molecule has 0 amide bonds. The van der Waals surface area contributed by atoms with Crippen molar-refractivity contribution in [1.82, 2.24) is 0 Å². The van der Waals surface area contributed by atoms with Gasteiger partial charge in [0.2, 0.25) is 0 Å². The van der Waals surface area contributed by atoms with E-state index in [0.29, 0.717) is 17.3 Å². The van der Waals surface area contributed by atoms with Gasteiger partial charge in [0.15, 0.2) is 0 Å². The summed E-state index contributed by atoms with van der Waals surface area (Å²) in [5.41, 5.74) is 0.0351. The van der Waals surface area contributed by atoms with E-state index in [9.17, 15) is 9.50 Å². The van der Waals surface area contributed by atoms with E-state index in [1.807, 2.05) is 13.0 Å². The quantitative estimate of drug-likeness (QED) is 0.885. The first kappa shape index (κ1) is 11.7. The predicted octanol–water partition coefficient (Wildman–Crippen LogP) is 3.29. The number of hydrogen-bond acceptors (Lipinski definition) is 1. The largest absolute Gasteiger partial charge is 0.390 e. The Labute approximate surface area is 92.1 Å². The topological polar surface area (TPSA) is 20.2 Å². The molecule has 0 aliphatic rings. The molecule has 14 heavy (non-hydrogen) atoms. The summed E-state index contributed by atoms with van der Waals surface area (Å²) in [5.74, 6) is -0.283. The molecule has 1 N–H and O–H groups in total. The summed E-state index contributed by atoms with van der Waals surface area (Å²) in [6, 6.07) is 4.87. The van der Waals surface area contributed by atoms with Gasteiger partial charge in [0.05, 0.1) is 10.1 Å². The van der Waals surface area contributed by atoms with Crippen molar-refractivity contribution >= 4 is 15.9 Å². The van der Waals surface area contributed by atoms with Gasteiger partial charge in [-0.05, 0) is 40.9 Å². The van der Waals surface area contributed by atoms with Crippen LogP contribution in [0.4, 0.5) is 4.39 Å². The summed E-state index contributed by atoms with van der Waals surface area (Å²) < 4.78 is 13.6. The second kappa shape index (κ2) is 4.41. The van der Waals surface area contributed by atoms with Crippen molar-refractivity contribution in [1.29, 1.82) is 0 Å². The lowest BCUT2D eigenvalue weighted by Crippen LogP contribution is -2.26. The van der Waals surface area contributed by atoms with Crippen LogP contribution in [-0.2, 0) is 6.42 Å². The standard InChI is InChI=1S/C11H14BrFO/c1-3-11(2,14)7-8-5-4-6-9(13)10(8)12/h4-6,14H,3,7H2,1-2H3. The Balaban J connectivity index is 2.92. The first-order valence-corrected chi connectivity index (χ1v) is 5.41. The van der Waals surface area contributed by atoms with Crippen molar-refractivity contribution in [2.45, 2.75) is 32.3 Å². The molecule has 78 valence electrons. The SMILES string of the molecule is CCC(C)(O)Cc1cccc(F)c1Br. The fourth-order valence-electron chi connectivity index (χ4n) is 1.22. The van der Waals surface area contributed by atoms with Gasteiger partial charge in [0.1, 0.15) is 5.82 Å². The van der Waals surface area contributed by atoms with Gasteiger partial charge in [-0.25, -0.2) is 4.39 Å². The number of halogens is 2. The van der Waals surface area contributed by atoms with Crippen molar-refractivity contribution in [2.75, 3.05) is 0 Å².